The predicted molar refractivity (Wildman–Crippen MR) is 64.0 cm³/mol. The van der Waals surface area contributed by atoms with Gasteiger partial charge in [0, 0.05) is 5.88 Å². The molecule has 0 amide bonds. The van der Waals surface area contributed by atoms with Crippen LogP contribution in [0.2, 0.25) is 0 Å². The number of piperidine rings is 1. The maximum atomic E-state index is 5.65. The fourth-order valence-corrected chi connectivity index (χ4v) is 2.18. The maximum Gasteiger partial charge on any atom is 0.0223 e. The van der Waals surface area contributed by atoms with Crippen LogP contribution < -0.4 is 0 Å². The van der Waals surface area contributed by atoms with Gasteiger partial charge in [0.25, 0.3) is 0 Å². The number of unbranched alkanes of at least 4 members (excludes halogenated alkanes) is 2. The minimum Gasteiger partial charge on any atom is -0.303 e. The van der Waals surface area contributed by atoms with Gasteiger partial charge in [0.15, 0.2) is 0 Å². The van der Waals surface area contributed by atoms with E-state index in [9.17, 15) is 0 Å². The molecule has 0 N–H and O–H groups in total. The second-order valence-corrected chi connectivity index (χ2v) is 5.63. The van der Waals surface area contributed by atoms with E-state index >= 15 is 0 Å². The van der Waals surface area contributed by atoms with Crippen molar-refractivity contribution in [2.24, 2.45) is 5.41 Å². The van der Waals surface area contributed by atoms with Gasteiger partial charge < -0.3 is 4.90 Å². The van der Waals surface area contributed by atoms with E-state index in [4.69, 9.17) is 11.6 Å². The van der Waals surface area contributed by atoms with Crippen molar-refractivity contribution in [3.8, 4) is 0 Å². The van der Waals surface area contributed by atoms with Crippen molar-refractivity contribution < 1.29 is 0 Å². The molecule has 1 rings (SSSR count). The number of rotatable bonds is 5. The Bertz CT molecular complexity index is 146. The van der Waals surface area contributed by atoms with E-state index in [1.807, 2.05) is 0 Å². The lowest BCUT2D eigenvalue weighted by atomic mass is 9.82. The highest BCUT2D eigenvalue weighted by molar-refractivity contribution is 6.17. The first-order chi connectivity index (χ1) is 6.64. The molecule has 1 heterocycles. The largest absolute Gasteiger partial charge is 0.303 e. The summed E-state index contributed by atoms with van der Waals surface area (Å²) in [5.41, 5.74) is 0.590. The molecular formula is C12H24ClN. The minimum atomic E-state index is 0.590. The van der Waals surface area contributed by atoms with Crippen LogP contribution in [-0.4, -0.2) is 30.4 Å². The molecule has 0 spiro atoms. The molecule has 1 aliphatic heterocycles. The van der Waals surface area contributed by atoms with Crippen LogP contribution in [0, 0.1) is 5.41 Å². The van der Waals surface area contributed by atoms with E-state index in [2.05, 4.69) is 18.7 Å². The highest BCUT2D eigenvalue weighted by Gasteiger charge is 2.24. The first-order valence-electron chi connectivity index (χ1n) is 5.92. The molecule has 0 radical (unpaired) electrons. The van der Waals surface area contributed by atoms with Gasteiger partial charge in [-0.1, -0.05) is 20.3 Å². The lowest BCUT2D eigenvalue weighted by Crippen LogP contribution is -2.37. The predicted octanol–water partition coefficient (Wildman–Crippen LogP) is 3.52. The van der Waals surface area contributed by atoms with Crippen molar-refractivity contribution in [3.05, 3.63) is 0 Å². The number of alkyl halides is 1. The van der Waals surface area contributed by atoms with Gasteiger partial charge in [-0.3, -0.25) is 0 Å². The summed E-state index contributed by atoms with van der Waals surface area (Å²) < 4.78 is 0. The summed E-state index contributed by atoms with van der Waals surface area (Å²) in [5, 5.41) is 0. The van der Waals surface area contributed by atoms with Crippen LogP contribution in [-0.2, 0) is 0 Å². The molecule has 1 fully saturated rings. The fraction of sp³-hybridized carbons (Fsp3) is 1.00. The summed E-state index contributed by atoms with van der Waals surface area (Å²) in [6, 6.07) is 0. The summed E-state index contributed by atoms with van der Waals surface area (Å²) >= 11 is 5.65. The molecule has 1 aliphatic rings. The molecule has 2 heteroatoms. The molecule has 0 aromatic carbocycles. The highest BCUT2D eigenvalue weighted by Crippen LogP contribution is 2.29. The molecule has 14 heavy (non-hydrogen) atoms. The van der Waals surface area contributed by atoms with Gasteiger partial charge >= 0.3 is 0 Å². The van der Waals surface area contributed by atoms with E-state index in [1.54, 1.807) is 0 Å². The topological polar surface area (TPSA) is 3.24 Å². The van der Waals surface area contributed by atoms with Crippen molar-refractivity contribution in [1.82, 2.24) is 4.90 Å². The molecule has 0 aromatic rings. The molecule has 0 atom stereocenters. The van der Waals surface area contributed by atoms with Gasteiger partial charge in [-0.15, -0.1) is 11.6 Å². The number of hydrogen-bond acceptors (Lipinski definition) is 1. The number of likely N-dealkylation sites (tertiary alicyclic amines) is 1. The first kappa shape index (κ1) is 12.3. The van der Waals surface area contributed by atoms with Gasteiger partial charge in [-0.2, -0.15) is 0 Å². The fourth-order valence-electron chi connectivity index (χ4n) is 1.99. The van der Waals surface area contributed by atoms with Gasteiger partial charge in [-0.05, 0) is 50.7 Å². The van der Waals surface area contributed by atoms with Gasteiger partial charge in [0.05, 0.1) is 0 Å². The monoisotopic (exact) mass is 217 g/mol. The molecule has 0 bridgehead atoms. The molecule has 1 nitrogen and oxygen atoms in total. The lowest BCUT2D eigenvalue weighted by Gasteiger charge is -2.36. The minimum absolute atomic E-state index is 0.590. The van der Waals surface area contributed by atoms with Crippen LogP contribution in [0.3, 0.4) is 0 Å². The highest BCUT2D eigenvalue weighted by atomic mass is 35.5. The van der Waals surface area contributed by atoms with Crippen LogP contribution in [0.1, 0.15) is 46.0 Å². The van der Waals surface area contributed by atoms with Gasteiger partial charge in [0.2, 0.25) is 0 Å². The summed E-state index contributed by atoms with van der Waals surface area (Å²) in [4.78, 5) is 2.61. The maximum absolute atomic E-state index is 5.65. The zero-order valence-corrected chi connectivity index (χ0v) is 10.4. The zero-order chi connectivity index (χ0) is 10.4. The summed E-state index contributed by atoms with van der Waals surface area (Å²) in [6.07, 6.45) is 6.53. The smallest absolute Gasteiger partial charge is 0.0223 e. The van der Waals surface area contributed by atoms with Crippen LogP contribution in [0.15, 0.2) is 0 Å². The SMILES string of the molecule is CC1(C)CCN(CCCCCCl)CC1. The Balaban J connectivity index is 2.04. The Morgan fingerprint density at radius 2 is 1.71 bits per heavy atom. The van der Waals surface area contributed by atoms with E-state index < -0.39 is 0 Å². The molecule has 0 saturated carbocycles. The molecule has 0 aromatic heterocycles. The average molecular weight is 218 g/mol. The number of halogens is 1. The Kier molecular flexibility index (Phi) is 5.25. The summed E-state index contributed by atoms with van der Waals surface area (Å²) in [7, 11) is 0. The average Bonchev–Trinajstić information content (AvgIpc) is 2.15. The quantitative estimate of drug-likeness (QED) is 0.503. The molecule has 1 saturated heterocycles. The molecule has 0 aliphatic carbocycles. The van der Waals surface area contributed by atoms with E-state index in [-0.39, 0.29) is 0 Å². The third-order valence-corrected chi connectivity index (χ3v) is 3.58. The van der Waals surface area contributed by atoms with Gasteiger partial charge in [0.1, 0.15) is 0 Å². The normalized spacial score (nSPS) is 22.5. The van der Waals surface area contributed by atoms with Crippen molar-refractivity contribution >= 4 is 11.6 Å². The molecule has 0 unspecified atom stereocenters. The standard InChI is InChI=1S/C12H24ClN/c1-12(2)6-10-14(11-7-12)9-5-3-4-8-13/h3-11H2,1-2H3. The summed E-state index contributed by atoms with van der Waals surface area (Å²) in [6.45, 7) is 8.66. The third kappa shape index (κ3) is 4.65. The lowest BCUT2D eigenvalue weighted by molar-refractivity contribution is 0.131. The van der Waals surface area contributed by atoms with Crippen LogP contribution in [0.25, 0.3) is 0 Å². The molecular weight excluding hydrogens is 194 g/mol. The van der Waals surface area contributed by atoms with E-state index in [0.29, 0.717) is 5.41 Å². The number of nitrogens with zero attached hydrogens (tertiary/aromatic N) is 1. The second-order valence-electron chi connectivity index (χ2n) is 5.26. The Labute approximate surface area is 93.8 Å². The van der Waals surface area contributed by atoms with E-state index in [0.717, 1.165) is 5.88 Å². The van der Waals surface area contributed by atoms with Crippen LogP contribution >= 0.6 is 11.6 Å². The zero-order valence-electron chi connectivity index (χ0n) is 9.69. The summed E-state index contributed by atoms with van der Waals surface area (Å²) in [5.74, 6) is 0.826. The van der Waals surface area contributed by atoms with Gasteiger partial charge in [-0.25, -0.2) is 0 Å². The van der Waals surface area contributed by atoms with Crippen LogP contribution in [0.5, 0.6) is 0 Å². The van der Waals surface area contributed by atoms with Crippen molar-refractivity contribution in [3.63, 3.8) is 0 Å². The Morgan fingerprint density at radius 1 is 1.07 bits per heavy atom. The van der Waals surface area contributed by atoms with Crippen molar-refractivity contribution in [1.29, 1.82) is 0 Å². The first-order valence-corrected chi connectivity index (χ1v) is 6.46. The van der Waals surface area contributed by atoms with Crippen molar-refractivity contribution in [2.75, 3.05) is 25.5 Å². The van der Waals surface area contributed by atoms with Crippen LogP contribution in [0.4, 0.5) is 0 Å². The number of hydrogen-bond donors (Lipinski definition) is 0. The third-order valence-electron chi connectivity index (χ3n) is 3.32. The molecule has 84 valence electrons. The van der Waals surface area contributed by atoms with E-state index in [1.165, 1.54) is 51.7 Å². The van der Waals surface area contributed by atoms with Crippen molar-refractivity contribution in [2.45, 2.75) is 46.0 Å². The Morgan fingerprint density at radius 3 is 2.29 bits per heavy atom. The Hall–Kier alpha value is 0.250. The second kappa shape index (κ2) is 5.97.